The lowest BCUT2D eigenvalue weighted by molar-refractivity contribution is -0.114. The maximum Gasteiger partial charge on any atom is 0.270 e. The second-order valence-electron chi connectivity index (χ2n) is 5.22. The molecule has 0 saturated carbocycles. The molecule has 0 atom stereocenters. The lowest BCUT2D eigenvalue weighted by atomic mass is 10.0. The molecule has 5 nitrogen and oxygen atoms in total. The van der Waals surface area contributed by atoms with Crippen LogP contribution in [0.4, 0.5) is 11.5 Å². The third kappa shape index (κ3) is 3.22. The van der Waals surface area contributed by atoms with Crippen molar-refractivity contribution >= 4 is 17.4 Å². The molecule has 23 heavy (non-hydrogen) atoms. The zero-order chi connectivity index (χ0) is 16.1. The van der Waals surface area contributed by atoms with Crippen LogP contribution >= 0.6 is 0 Å². The monoisotopic (exact) mass is 304 g/mol. The number of carbonyl (C=O) groups is 1. The molecule has 0 saturated heterocycles. The van der Waals surface area contributed by atoms with Gasteiger partial charge in [0.2, 0.25) is 0 Å². The summed E-state index contributed by atoms with van der Waals surface area (Å²) < 4.78 is 0. The van der Waals surface area contributed by atoms with Crippen LogP contribution in [0.3, 0.4) is 0 Å². The lowest BCUT2D eigenvalue weighted by Gasteiger charge is -2.29. The third-order valence-electron chi connectivity index (χ3n) is 3.74. The van der Waals surface area contributed by atoms with Gasteiger partial charge in [0, 0.05) is 24.6 Å². The third-order valence-corrected chi connectivity index (χ3v) is 3.74. The number of hydrogen-bond acceptors (Lipinski definition) is 4. The fourth-order valence-corrected chi connectivity index (χ4v) is 2.63. The van der Waals surface area contributed by atoms with Crippen LogP contribution in [0.2, 0.25) is 0 Å². The Balaban J connectivity index is 1.83. The van der Waals surface area contributed by atoms with Crippen molar-refractivity contribution in [2.75, 3.05) is 16.8 Å². The Kier molecular flexibility index (Phi) is 4.34. The maximum absolute atomic E-state index is 12.7. The van der Waals surface area contributed by atoms with Crippen LogP contribution in [0, 0.1) is 11.3 Å². The summed E-state index contributed by atoms with van der Waals surface area (Å²) >= 11 is 0. The first-order chi connectivity index (χ1) is 11.3. The van der Waals surface area contributed by atoms with Crippen molar-refractivity contribution in [3.63, 3.8) is 0 Å². The van der Waals surface area contributed by atoms with E-state index in [1.807, 2.05) is 36.4 Å². The normalized spacial score (nSPS) is 13.9. The Morgan fingerprint density at radius 3 is 2.87 bits per heavy atom. The minimum atomic E-state index is -0.289. The van der Waals surface area contributed by atoms with Crippen molar-refractivity contribution in [3.8, 4) is 6.07 Å². The summed E-state index contributed by atoms with van der Waals surface area (Å²) in [5.41, 5.74) is 2.09. The Morgan fingerprint density at radius 2 is 2.09 bits per heavy atom. The molecule has 0 spiro atoms. The molecule has 114 valence electrons. The first-order valence-electron chi connectivity index (χ1n) is 7.47. The Morgan fingerprint density at radius 1 is 1.26 bits per heavy atom. The maximum atomic E-state index is 12.7. The van der Waals surface area contributed by atoms with Crippen LogP contribution in [0.25, 0.3) is 0 Å². The van der Waals surface area contributed by atoms with E-state index in [-0.39, 0.29) is 11.5 Å². The van der Waals surface area contributed by atoms with Crippen LogP contribution in [-0.4, -0.2) is 17.4 Å². The number of anilines is 2. The van der Waals surface area contributed by atoms with E-state index in [2.05, 4.69) is 10.3 Å². The van der Waals surface area contributed by atoms with Gasteiger partial charge in [-0.3, -0.25) is 4.79 Å². The molecule has 0 unspecified atom stereocenters. The van der Waals surface area contributed by atoms with Crippen molar-refractivity contribution in [1.29, 1.82) is 5.26 Å². The summed E-state index contributed by atoms with van der Waals surface area (Å²) in [6.07, 6.45) is 4.92. The van der Waals surface area contributed by atoms with Crippen LogP contribution in [0.1, 0.15) is 12.0 Å². The van der Waals surface area contributed by atoms with Gasteiger partial charge in [-0.15, -0.1) is 0 Å². The van der Waals surface area contributed by atoms with Crippen LogP contribution in [-0.2, 0) is 11.2 Å². The highest BCUT2D eigenvalue weighted by Crippen LogP contribution is 2.27. The van der Waals surface area contributed by atoms with Gasteiger partial charge in [0.15, 0.2) is 0 Å². The molecule has 3 rings (SSSR count). The van der Waals surface area contributed by atoms with Gasteiger partial charge < -0.3 is 10.2 Å². The Bertz CT molecular complexity index is 777. The number of nitriles is 1. The number of hydrogen-bond donors (Lipinski definition) is 1. The molecular formula is C18H16N4O. The van der Waals surface area contributed by atoms with Crippen molar-refractivity contribution < 1.29 is 4.79 Å². The molecular weight excluding hydrogens is 288 g/mol. The summed E-state index contributed by atoms with van der Waals surface area (Å²) in [6.45, 7) is 0.623. The number of benzene rings is 1. The molecule has 5 heteroatoms. The van der Waals surface area contributed by atoms with E-state index in [1.54, 1.807) is 23.2 Å². The van der Waals surface area contributed by atoms with Crippen LogP contribution in [0.15, 0.2) is 60.4 Å². The summed E-state index contributed by atoms with van der Waals surface area (Å²) in [5, 5.41) is 12.2. The van der Waals surface area contributed by atoms with Crippen molar-refractivity contribution in [2.45, 2.75) is 12.8 Å². The highest BCUT2D eigenvalue weighted by Gasteiger charge is 2.24. The second kappa shape index (κ2) is 6.75. The van der Waals surface area contributed by atoms with Gasteiger partial charge in [0.25, 0.3) is 5.91 Å². The fourth-order valence-electron chi connectivity index (χ4n) is 2.63. The van der Waals surface area contributed by atoms with E-state index in [0.717, 1.165) is 24.1 Å². The van der Waals surface area contributed by atoms with Crippen molar-refractivity contribution in [2.24, 2.45) is 0 Å². The second-order valence-corrected chi connectivity index (χ2v) is 5.22. The molecule has 1 amide bonds. The molecule has 2 heterocycles. The van der Waals surface area contributed by atoms with Crippen LogP contribution in [0.5, 0.6) is 0 Å². The number of rotatable bonds is 3. The Hall–Kier alpha value is -3.13. The molecule has 0 bridgehead atoms. The highest BCUT2D eigenvalue weighted by atomic mass is 16.2. The van der Waals surface area contributed by atoms with Crippen molar-refractivity contribution in [3.05, 3.63) is 66.0 Å². The molecule has 1 aromatic carbocycles. The van der Waals surface area contributed by atoms with E-state index in [4.69, 9.17) is 0 Å². The van der Waals surface area contributed by atoms with Gasteiger partial charge in [-0.25, -0.2) is 4.98 Å². The topological polar surface area (TPSA) is 69.0 Å². The number of carbonyl (C=O) groups excluding carboxylic acids is 1. The first-order valence-corrected chi connectivity index (χ1v) is 7.47. The van der Waals surface area contributed by atoms with E-state index in [0.29, 0.717) is 12.4 Å². The SMILES string of the molecule is N#C/C(=C/Nc1ccccn1)C(=O)N1CCCc2ccccc21. The van der Waals surface area contributed by atoms with Gasteiger partial charge >= 0.3 is 0 Å². The van der Waals surface area contributed by atoms with Gasteiger partial charge in [-0.2, -0.15) is 5.26 Å². The standard InChI is InChI=1S/C18H16N4O/c19-12-15(13-21-17-9-3-4-10-20-17)18(23)22-11-5-7-14-6-1-2-8-16(14)22/h1-4,6,8-10,13H,5,7,11H2,(H,20,21)/b15-13-. The first kappa shape index (κ1) is 14.8. The molecule has 0 aliphatic carbocycles. The van der Waals surface area contributed by atoms with Gasteiger partial charge in [-0.1, -0.05) is 24.3 Å². The highest BCUT2D eigenvalue weighted by molar-refractivity contribution is 6.09. The number of aromatic nitrogens is 1. The summed E-state index contributed by atoms with van der Waals surface area (Å²) in [6, 6.07) is 15.2. The number of aryl methyl sites for hydroxylation is 1. The molecule has 1 N–H and O–H groups in total. The van der Waals surface area contributed by atoms with Gasteiger partial charge in [0.1, 0.15) is 17.5 Å². The number of nitrogens with zero attached hydrogens (tertiary/aromatic N) is 3. The van der Waals surface area contributed by atoms with E-state index < -0.39 is 0 Å². The predicted molar refractivity (Wildman–Crippen MR) is 88.7 cm³/mol. The molecule has 0 radical (unpaired) electrons. The lowest BCUT2D eigenvalue weighted by Crippen LogP contribution is -2.36. The van der Waals surface area contributed by atoms with Gasteiger partial charge in [0.05, 0.1) is 0 Å². The molecule has 0 fully saturated rings. The van der Waals surface area contributed by atoms with E-state index >= 15 is 0 Å². The molecule has 1 aromatic heterocycles. The van der Waals surface area contributed by atoms with Gasteiger partial charge in [-0.05, 0) is 36.6 Å². The fraction of sp³-hybridized carbons (Fsp3) is 0.167. The van der Waals surface area contributed by atoms with Crippen molar-refractivity contribution in [1.82, 2.24) is 4.98 Å². The summed E-state index contributed by atoms with van der Waals surface area (Å²) in [5.74, 6) is 0.301. The molecule has 1 aliphatic rings. The average Bonchev–Trinajstić information content (AvgIpc) is 2.62. The Labute approximate surface area is 134 Å². The number of fused-ring (bicyclic) bond motifs is 1. The quantitative estimate of drug-likeness (QED) is 0.699. The number of pyridine rings is 1. The number of para-hydroxylation sites is 1. The molecule has 2 aromatic rings. The number of amides is 1. The van der Waals surface area contributed by atoms with E-state index in [9.17, 15) is 10.1 Å². The molecule has 1 aliphatic heterocycles. The minimum absolute atomic E-state index is 0.0624. The number of nitrogens with one attached hydrogen (secondary N) is 1. The average molecular weight is 304 g/mol. The summed E-state index contributed by atoms with van der Waals surface area (Å²) in [4.78, 5) is 18.5. The van der Waals surface area contributed by atoms with Crippen LogP contribution < -0.4 is 10.2 Å². The zero-order valence-corrected chi connectivity index (χ0v) is 12.6. The minimum Gasteiger partial charge on any atom is -0.345 e. The zero-order valence-electron chi connectivity index (χ0n) is 12.6. The summed E-state index contributed by atoms with van der Waals surface area (Å²) in [7, 11) is 0. The van der Waals surface area contributed by atoms with E-state index in [1.165, 1.54) is 6.20 Å². The largest absolute Gasteiger partial charge is 0.345 e. The predicted octanol–water partition coefficient (Wildman–Crippen LogP) is 2.88. The smallest absolute Gasteiger partial charge is 0.270 e.